The topological polar surface area (TPSA) is 72.8 Å². The Hall–Kier alpha value is -2.04. The zero-order chi connectivity index (χ0) is 20.0. The number of cyclic esters (lactones) is 1. The van der Waals surface area contributed by atoms with Crippen molar-refractivity contribution in [3.05, 3.63) is 34.8 Å². The van der Waals surface area contributed by atoms with Crippen LogP contribution in [0.25, 0.3) is 0 Å². The maximum atomic E-state index is 12.3. The van der Waals surface area contributed by atoms with Gasteiger partial charge in [-0.2, -0.15) is 0 Å². The molecular weight excluding hydrogens is 344 g/mol. The molecule has 3 rings (SSSR count). The van der Waals surface area contributed by atoms with Gasteiger partial charge in [0.25, 0.3) is 0 Å². The SMILES string of the molecule is COC(=O)/C=C1/OC(=O)C(C[C@@]2(C)CC[C@]3(C)C(C)=CCC[C@H]3[C@H]2C)=C1O. The number of ether oxygens (including phenoxy) is 2. The Bertz CT molecular complexity index is 759. The molecule has 3 aliphatic rings. The Morgan fingerprint density at radius 1 is 1.41 bits per heavy atom. The largest absolute Gasteiger partial charge is 0.504 e. The number of rotatable bonds is 3. The minimum Gasteiger partial charge on any atom is -0.504 e. The Labute approximate surface area is 161 Å². The van der Waals surface area contributed by atoms with Crippen LogP contribution in [-0.2, 0) is 19.1 Å². The Morgan fingerprint density at radius 3 is 2.78 bits per heavy atom. The minimum atomic E-state index is -0.664. The van der Waals surface area contributed by atoms with Crippen molar-refractivity contribution in [1.29, 1.82) is 0 Å². The molecule has 4 atom stereocenters. The van der Waals surface area contributed by atoms with Crippen molar-refractivity contribution in [2.24, 2.45) is 22.7 Å². The van der Waals surface area contributed by atoms with Crippen LogP contribution in [0.5, 0.6) is 0 Å². The molecule has 27 heavy (non-hydrogen) atoms. The minimum absolute atomic E-state index is 0.106. The second-order valence-corrected chi connectivity index (χ2v) is 8.86. The maximum Gasteiger partial charge on any atom is 0.343 e. The summed E-state index contributed by atoms with van der Waals surface area (Å²) in [5.41, 5.74) is 1.87. The second kappa shape index (κ2) is 6.84. The molecular formula is C22H30O5. The van der Waals surface area contributed by atoms with Gasteiger partial charge in [-0.15, -0.1) is 0 Å². The summed E-state index contributed by atoms with van der Waals surface area (Å²) in [5, 5.41) is 10.5. The molecule has 0 spiro atoms. The first kappa shape index (κ1) is 19.7. The van der Waals surface area contributed by atoms with Crippen molar-refractivity contribution in [2.75, 3.05) is 7.11 Å². The highest BCUT2D eigenvalue weighted by atomic mass is 16.6. The van der Waals surface area contributed by atoms with Gasteiger partial charge in [0.2, 0.25) is 0 Å². The summed E-state index contributed by atoms with van der Waals surface area (Å²) < 4.78 is 9.66. The molecule has 1 N–H and O–H groups in total. The molecule has 1 aliphatic heterocycles. The number of carbonyl (C=O) groups is 2. The van der Waals surface area contributed by atoms with E-state index in [2.05, 4.69) is 38.5 Å². The molecule has 0 radical (unpaired) electrons. The van der Waals surface area contributed by atoms with Gasteiger partial charge in [-0.1, -0.05) is 32.4 Å². The van der Waals surface area contributed by atoms with Crippen molar-refractivity contribution in [3.63, 3.8) is 0 Å². The number of fused-ring (bicyclic) bond motifs is 1. The molecule has 0 unspecified atom stereocenters. The van der Waals surface area contributed by atoms with Crippen molar-refractivity contribution in [1.82, 2.24) is 0 Å². The van der Waals surface area contributed by atoms with Crippen LogP contribution in [0, 0.1) is 22.7 Å². The van der Waals surface area contributed by atoms with E-state index in [9.17, 15) is 14.7 Å². The first-order valence-corrected chi connectivity index (χ1v) is 9.74. The molecule has 148 valence electrons. The lowest BCUT2D eigenvalue weighted by Gasteiger charge is -2.56. The number of hydrogen-bond acceptors (Lipinski definition) is 5. The molecule has 0 saturated heterocycles. The normalized spacial score (nSPS) is 37.7. The molecule has 0 aromatic rings. The van der Waals surface area contributed by atoms with Gasteiger partial charge in [-0.3, -0.25) is 0 Å². The Kier molecular flexibility index (Phi) is 5.00. The summed E-state index contributed by atoms with van der Waals surface area (Å²) in [6, 6.07) is 0. The van der Waals surface area contributed by atoms with E-state index in [0.717, 1.165) is 31.8 Å². The molecule has 0 bridgehead atoms. The number of methoxy groups -OCH3 is 1. The van der Waals surface area contributed by atoms with Crippen molar-refractivity contribution >= 4 is 11.9 Å². The zero-order valence-electron chi connectivity index (χ0n) is 16.9. The fraction of sp³-hybridized carbons (Fsp3) is 0.636. The van der Waals surface area contributed by atoms with E-state index in [1.807, 2.05) is 0 Å². The van der Waals surface area contributed by atoms with E-state index in [1.165, 1.54) is 12.7 Å². The third-order valence-corrected chi connectivity index (χ3v) is 7.56. The van der Waals surface area contributed by atoms with Crippen molar-refractivity contribution in [3.8, 4) is 0 Å². The van der Waals surface area contributed by atoms with E-state index in [0.29, 0.717) is 18.3 Å². The molecule has 1 fully saturated rings. The van der Waals surface area contributed by atoms with Gasteiger partial charge in [-0.25, -0.2) is 9.59 Å². The first-order chi connectivity index (χ1) is 12.6. The van der Waals surface area contributed by atoms with Gasteiger partial charge < -0.3 is 14.6 Å². The number of allylic oxidation sites excluding steroid dienone is 2. The Morgan fingerprint density at radius 2 is 2.11 bits per heavy atom. The van der Waals surface area contributed by atoms with Crippen LogP contribution in [0.4, 0.5) is 0 Å². The van der Waals surface area contributed by atoms with E-state index >= 15 is 0 Å². The summed E-state index contributed by atoms with van der Waals surface area (Å²) in [6.45, 7) is 9.11. The highest BCUT2D eigenvalue weighted by Crippen LogP contribution is 2.60. The van der Waals surface area contributed by atoms with Gasteiger partial charge in [0.05, 0.1) is 18.8 Å². The van der Waals surface area contributed by atoms with Gasteiger partial charge in [0, 0.05) is 0 Å². The zero-order valence-corrected chi connectivity index (χ0v) is 16.9. The smallest absolute Gasteiger partial charge is 0.343 e. The maximum absolute atomic E-state index is 12.3. The quantitative estimate of drug-likeness (QED) is 0.444. The van der Waals surface area contributed by atoms with Gasteiger partial charge in [0.15, 0.2) is 11.5 Å². The number of aliphatic hydroxyl groups is 1. The molecule has 5 heteroatoms. The highest BCUT2D eigenvalue weighted by molar-refractivity contribution is 5.95. The van der Waals surface area contributed by atoms with Crippen molar-refractivity contribution in [2.45, 2.75) is 59.8 Å². The molecule has 2 aliphatic carbocycles. The van der Waals surface area contributed by atoms with Gasteiger partial charge >= 0.3 is 11.9 Å². The summed E-state index contributed by atoms with van der Waals surface area (Å²) >= 11 is 0. The lowest BCUT2D eigenvalue weighted by atomic mass is 9.49. The summed E-state index contributed by atoms with van der Waals surface area (Å²) in [5.74, 6) is -0.609. The van der Waals surface area contributed by atoms with E-state index < -0.39 is 11.9 Å². The van der Waals surface area contributed by atoms with E-state index in [4.69, 9.17) is 4.74 Å². The van der Waals surface area contributed by atoms with Gasteiger partial charge in [-0.05, 0) is 61.7 Å². The first-order valence-electron chi connectivity index (χ1n) is 9.74. The molecule has 0 amide bonds. The predicted molar refractivity (Wildman–Crippen MR) is 102 cm³/mol. The molecule has 5 nitrogen and oxygen atoms in total. The molecule has 1 heterocycles. The van der Waals surface area contributed by atoms with Crippen LogP contribution < -0.4 is 0 Å². The number of hydrogen-bond donors (Lipinski definition) is 1. The van der Waals surface area contributed by atoms with Gasteiger partial charge in [0.1, 0.15) is 0 Å². The number of carbonyl (C=O) groups excluding carboxylic acids is 2. The predicted octanol–water partition coefficient (Wildman–Crippen LogP) is 4.60. The molecule has 1 saturated carbocycles. The lowest BCUT2D eigenvalue weighted by Crippen LogP contribution is -2.47. The monoisotopic (exact) mass is 374 g/mol. The van der Waals surface area contributed by atoms with E-state index in [-0.39, 0.29) is 27.9 Å². The van der Waals surface area contributed by atoms with Crippen LogP contribution in [0.3, 0.4) is 0 Å². The van der Waals surface area contributed by atoms with Crippen LogP contribution >= 0.6 is 0 Å². The highest BCUT2D eigenvalue weighted by Gasteiger charge is 2.52. The fourth-order valence-electron chi connectivity index (χ4n) is 5.29. The fourth-order valence-corrected chi connectivity index (χ4v) is 5.29. The number of esters is 2. The Balaban J connectivity index is 1.87. The van der Waals surface area contributed by atoms with Crippen LogP contribution in [-0.4, -0.2) is 24.2 Å². The van der Waals surface area contributed by atoms with Crippen LogP contribution in [0.15, 0.2) is 34.8 Å². The third-order valence-electron chi connectivity index (χ3n) is 7.56. The van der Waals surface area contributed by atoms with Crippen LogP contribution in [0.1, 0.15) is 59.8 Å². The number of aliphatic hydroxyl groups excluding tert-OH is 1. The van der Waals surface area contributed by atoms with E-state index in [1.54, 1.807) is 0 Å². The summed E-state index contributed by atoms with van der Waals surface area (Å²) in [4.78, 5) is 23.8. The lowest BCUT2D eigenvalue weighted by molar-refractivity contribution is -0.135. The summed E-state index contributed by atoms with van der Waals surface area (Å²) in [7, 11) is 1.24. The molecule has 0 aromatic carbocycles. The third kappa shape index (κ3) is 3.21. The van der Waals surface area contributed by atoms with Crippen molar-refractivity contribution < 1.29 is 24.2 Å². The summed E-state index contributed by atoms with van der Waals surface area (Å²) in [6.07, 6.45) is 8.16. The average Bonchev–Trinajstić information content (AvgIpc) is 2.88. The standard InChI is InChI=1S/C22H30O5/c1-13-7-6-8-16-14(2)21(3,9-10-22(13,16)4)12-15-19(24)17(27-20(15)25)11-18(23)26-5/h7,11,14,16,24H,6,8-10,12H2,1-5H3/b17-11+/t14-,16+,21-,22-/m1/s1. The molecule has 0 aromatic heterocycles. The second-order valence-electron chi connectivity index (χ2n) is 8.86. The average molecular weight is 374 g/mol. The van der Waals surface area contributed by atoms with Crippen LogP contribution in [0.2, 0.25) is 0 Å².